The number of carbonyl (C=O) groups is 1. The van der Waals surface area contributed by atoms with Crippen LogP contribution in [0, 0.1) is 6.92 Å². The van der Waals surface area contributed by atoms with Crippen molar-refractivity contribution in [2.24, 2.45) is 5.73 Å². The van der Waals surface area contributed by atoms with Crippen molar-refractivity contribution in [1.82, 2.24) is 9.88 Å². The molecule has 2 rings (SSSR count). The number of pyridine rings is 1. The Kier molecular flexibility index (Phi) is 6.18. The number of aromatic nitrogens is 1. The summed E-state index contributed by atoms with van der Waals surface area (Å²) >= 11 is 0. The fourth-order valence-electron chi connectivity index (χ4n) is 3.15. The molecule has 0 aromatic carbocycles. The van der Waals surface area contributed by atoms with Gasteiger partial charge >= 0.3 is 0 Å². The lowest BCUT2D eigenvalue weighted by Crippen LogP contribution is -2.41. The Morgan fingerprint density at radius 3 is 2.67 bits per heavy atom. The van der Waals surface area contributed by atoms with Crippen molar-refractivity contribution < 1.29 is 4.79 Å². The van der Waals surface area contributed by atoms with Crippen LogP contribution in [0.15, 0.2) is 18.3 Å². The van der Waals surface area contributed by atoms with E-state index < -0.39 is 0 Å². The van der Waals surface area contributed by atoms with E-state index >= 15 is 0 Å². The molecule has 1 fully saturated rings. The third-order valence-electron chi connectivity index (χ3n) is 4.37. The van der Waals surface area contributed by atoms with E-state index in [4.69, 9.17) is 5.73 Å². The lowest BCUT2D eigenvalue weighted by Gasteiger charge is -2.31. The Morgan fingerprint density at radius 2 is 2.05 bits per heavy atom. The lowest BCUT2D eigenvalue weighted by molar-refractivity contribution is 0.0657. The zero-order chi connectivity index (χ0) is 15.1. The van der Waals surface area contributed by atoms with Crippen LogP contribution in [-0.2, 0) is 0 Å². The first-order chi connectivity index (χ1) is 10.2. The van der Waals surface area contributed by atoms with Crippen LogP contribution in [0.4, 0.5) is 0 Å². The summed E-state index contributed by atoms with van der Waals surface area (Å²) in [5.74, 6) is 0.126. The number of rotatable bonds is 5. The molecule has 0 atom stereocenters. The van der Waals surface area contributed by atoms with E-state index in [1.165, 1.54) is 25.7 Å². The van der Waals surface area contributed by atoms with Crippen LogP contribution in [0.5, 0.6) is 0 Å². The molecule has 1 heterocycles. The Morgan fingerprint density at radius 1 is 1.33 bits per heavy atom. The van der Waals surface area contributed by atoms with E-state index in [0.29, 0.717) is 12.6 Å². The summed E-state index contributed by atoms with van der Waals surface area (Å²) in [6, 6.07) is 4.09. The van der Waals surface area contributed by atoms with Gasteiger partial charge in [-0.05, 0) is 44.9 Å². The number of amides is 1. The van der Waals surface area contributed by atoms with Gasteiger partial charge in [0.15, 0.2) is 0 Å². The van der Waals surface area contributed by atoms with Gasteiger partial charge in [-0.25, -0.2) is 0 Å². The molecule has 0 unspecified atom stereocenters. The van der Waals surface area contributed by atoms with Crippen molar-refractivity contribution >= 4 is 5.91 Å². The zero-order valence-electron chi connectivity index (χ0n) is 13.1. The smallest absolute Gasteiger partial charge is 0.255 e. The zero-order valence-corrected chi connectivity index (χ0v) is 13.1. The van der Waals surface area contributed by atoms with E-state index in [-0.39, 0.29) is 5.91 Å². The molecule has 0 radical (unpaired) electrons. The molecule has 1 aromatic heterocycles. The van der Waals surface area contributed by atoms with Gasteiger partial charge in [-0.15, -0.1) is 0 Å². The highest BCUT2D eigenvalue weighted by Crippen LogP contribution is 2.24. The van der Waals surface area contributed by atoms with E-state index in [0.717, 1.165) is 37.1 Å². The molecule has 116 valence electrons. The van der Waals surface area contributed by atoms with Gasteiger partial charge in [0.2, 0.25) is 0 Å². The van der Waals surface area contributed by atoms with Gasteiger partial charge in [-0.1, -0.05) is 25.7 Å². The number of hydrogen-bond donors (Lipinski definition) is 1. The van der Waals surface area contributed by atoms with Crippen LogP contribution < -0.4 is 5.73 Å². The minimum atomic E-state index is 0.126. The predicted octanol–water partition coefficient (Wildman–Crippen LogP) is 2.90. The van der Waals surface area contributed by atoms with E-state index in [2.05, 4.69) is 9.88 Å². The van der Waals surface area contributed by atoms with Crippen molar-refractivity contribution in [2.75, 3.05) is 13.1 Å². The molecule has 1 aliphatic rings. The van der Waals surface area contributed by atoms with Crippen LogP contribution in [0.3, 0.4) is 0 Å². The molecular formula is C17H27N3O. The largest absolute Gasteiger partial charge is 0.336 e. The number of hydrogen-bond acceptors (Lipinski definition) is 3. The second-order valence-corrected chi connectivity index (χ2v) is 5.92. The second kappa shape index (κ2) is 8.13. The summed E-state index contributed by atoms with van der Waals surface area (Å²) in [5, 5.41) is 0. The molecular weight excluding hydrogens is 262 g/mol. The van der Waals surface area contributed by atoms with Gasteiger partial charge in [0.25, 0.3) is 5.91 Å². The minimum absolute atomic E-state index is 0.126. The van der Waals surface area contributed by atoms with Crippen molar-refractivity contribution in [3.8, 4) is 0 Å². The molecule has 0 bridgehead atoms. The quantitative estimate of drug-likeness (QED) is 0.848. The maximum atomic E-state index is 12.9. The van der Waals surface area contributed by atoms with E-state index in [1.807, 2.05) is 19.1 Å². The third kappa shape index (κ3) is 4.27. The Labute approximate surface area is 127 Å². The first kappa shape index (κ1) is 16.0. The molecule has 0 saturated heterocycles. The second-order valence-electron chi connectivity index (χ2n) is 5.92. The predicted molar refractivity (Wildman–Crippen MR) is 85.2 cm³/mol. The van der Waals surface area contributed by atoms with Crippen molar-refractivity contribution in [1.29, 1.82) is 0 Å². The average molecular weight is 289 g/mol. The molecule has 1 amide bonds. The van der Waals surface area contributed by atoms with Gasteiger partial charge in [0.05, 0.1) is 5.56 Å². The maximum Gasteiger partial charge on any atom is 0.255 e. The first-order valence-electron chi connectivity index (χ1n) is 8.16. The molecule has 1 saturated carbocycles. The van der Waals surface area contributed by atoms with Gasteiger partial charge in [0, 0.05) is 24.5 Å². The fourth-order valence-corrected chi connectivity index (χ4v) is 3.15. The Bertz CT molecular complexity index is 453. The normalized spacial score (nSPS) is 16.5. The Balaban J connectivity index is 2.17. The van der Waals surface area contributed by atoms with Crippen LogP contribution in [0.2, 0.25) is 0 Å². The first-order valence-corrected chi connectivity index (χ1v) is 8.16. The van der Waals surface area contributed by atoms with Crippen molar-refractivity contribution in [2.45, 2.75) is 57.9 Å². The summed E-state index contributed by atoms with van der Waals surface area (Å²) in [4.78, 5) is 19.2. The van der Waals surface area contributed by atoms with Crippen molar-refractivity contribution in [3.05, 3.63) is 29.6 Å². The van der Waals surface area contributed by atoms with Crippen LogP contribution in [-0.4, -0.2) is 34.9 Å². The number of aryl methyl sites for hydroxylation is 1. The van der Waals surface area contributed by atoms with Gasteiger partial charge in [0.1, 0.15) is 0 Å². The van der Waals surface area contributed by atoms with Gasteiger partial charge in [-0.3, -0.25) is 9.78 Å². The monoisotopic (exact) mass is 289 g/mol. The average Bonchev–Trinajstić information content (AvgIpc) is 2.77. The molecule has 4 nitrogen and oxygen atoms in total. The van der Waals surface area contributed by atoms with Gasteiger partial charge in [-0.2, -0.15) is 0 Å². The Hall–Kier alpha value is -1.42. The molecule has 4 heteroatoms. The highest BCUT2D eigenvalue weighted by molar-refractivity contribution is 5.95. The van der Waals surface area contributed by atoms with Crippen LogP contribution in [0.25, 0.3) is 0 Å². The number of nitrogens with zero attached hydrogens (tertiary/aromatic N) is 2. The maximum absolute atomic E-state index is 12.9. The summed E-state index contributed by atoms with van der Waals surface area (Å²) < 4.78 is 0. The molecule has 0 aliphatic heterocycles. The highest BCUT2D eigenvalue weighted by Gasteiger charge is 2.26. The standard InChI is InChI=1S/C17H27N3O/c1-14-16(10-6-12-19-14)17(21)20(13-7-11-18)15-8-4-2-3-5-9-15/h6,10,12,15H,2-5,7-9,11,13,18H2,1H3. The van der Waals surface area contributed by atoms with Crippen LogP contribution in [0.1, 0.15) is 61.0 Å². The summed E-state index contributed by atoms with van der Waals surface area (Å²) in [6.07, 6.45) is 9.88. The molecule has 1 aromatic rings. The van der Waals surface area contributed by atoms with Crippen LogP contribution >= 0.6 is 0 Å². The summed E-state index contributed by atoms with van der Waals surface area (Å²) in [7, 11) is 0. The summed E-state index contributed by atoms with van der Waals surface area (Å²) in [6.45, 7) is 3.29. The molecule has 21 heavy (non-hydrogen) atoms. The summed E-state index contributed by atoms with van der Waals surface area (Å²) in [5.41, 5.74) is 7.20. The topological polar surface area (TPSA) is 59.2 Å². The molecule has 0 spiro atoms. The lowest BCUT2D eigenvalue weighted by atomic mass is 10.0. The third-order valence-corrected chi connectivity index (χ3v) is 4.37. The number of carbonyl (C=O) groups excluding carboxylic acids is 1. The fraction of sp³-hybridized carbons (Fsp3) is 0.647. The molecule has 1 aliphatic carbocycles. The SMILES string of the molecule is Cc1ncccc1C(=O)N(CCCN)C1CCCCCC1. The number of nitrogens with two attached hydrogens (primary N) is 1. The van der Waals surface area contributed by atoms with Crippen molar-refractivity contribution in [3.63, 3.8) is 0 Å². The molecule has 2 N–H and O–H groups in total. The highest BCUT2D eigenvalue weighted by atomic mass is 16.2. The van der Waals surface area contributed by atoms with E-state index in [1.54, 1.807) is 6.20 Å². The van der Waals surface area contributed by atoms with Gasteiger partial charge < -0.3 is 10.6 Å². The minimum Gasteiger partial charge on any atom is -0.336 e. The van der Waals surface area contributed by atoms with E-state index in [9.17, 15) is 4.79 Å².